The van der Waals surface area contributed by atoms with Crippen molar-refractivity contribution in [2.24, 2.45) is 0 Å². The number of nitrogens with one attached hydrogen (secondary N) is 1. The number of hydrogen-bond acceptors (Lipinski definition) is 4. The normalized spacial score (nSPS) is 30.1. The van der Waals surface area contributed by atoms with Crippen molar-refractivity contribution in [3.8, 4) is 0 Å². The predicted molar refractivity (Wildman–Crippen MR) is 64.2 cm³/mol. The third-order valence-electron chi connectivity index (χ3n) is 4.03. The van der Waals surface area contributed by atoms with Crippen LogP contribution >= 0.6 is 0 Å². The first kappa shape index (κ1) is 12.3. The maximum atomic E-state index is 12.4. The number of carbonyl (C=O) groups is 3. The molecule has 7 nitrogen and oxygen atoms in total. The molecule has 0 unspecified atom stereocenters. The zero-order chi connectivity index (χ0) is 13.4. The predicted octanol–water partition coefficient (Wildman–Crippen LogP) is -0.682. The zero-order valence-corrected chi connectivity index (χ0v) is 10.6. The van der Waals surface area contributed by atoms with E-state index in [2.05, 4.69) is 5.32 Å². The van der Waals surface area contributed by atoms with Gasteiger partial charge in [-0.2, -0.15) is 0 Å². The molecule has 0 saturated carbocycles. The number of cyclic esters (lactones) is 1. The Hall–Kier alpha value is -1.79. The summed E-state index contributed by atoms with van der Waals surface area (Å²) in [7, 11) is 0. The molecule has 7 heteroatoms. The van der Waals surface area contributed by atoms with E-state index in [9.17, 15) is 14.4 Å². The Morgan fingerprint density at radius 3 is 2.84 bits per heavy atom. The summed E-state index contributed by atoms with van der Waals surface area (Å²) in [5.41, 5.74) is 0. The second-order valence-electron chi connectivity index (χ2n) is 5.23. The average Bonchev–Trinajstić information content (AvgIpc) is 2.88. The quantitative estimate of drug-likeness (QED) is 0.719. The van der Waals surface area contributed by atoms with Crippen LogP contribution in [0.1, 0.15) is 19.3 Å². The molecule has 0 aromatic heterocycles. The number of amides is 3. The lowest BCUT2D eigenvalue weighted by molar-refractivity contribution is -0.134. The maximum Gasteiger partial charge on any atom is 0.410 e. The van der Waals surface area contributed by atoms with Crippen molar-refractivity contribution in [3.05, 3.63) is 0 Å². The van der Waals surface area contributed by atoms with Crippen molar-refractivity contribution in [1.82, 2.24) is 15.1 Å². The van der Waals surface area contributed by atoms with Crippen molar-refractivity contribution in [2.45, 2.75) is 31.3 Å². The first-order chi connectivity index (χ1) is 9.15. The van der Waals surface area contributed by atoms with Gasteiger partial charge in [-0.1, -0.05) is 0 Å². The van der Waals surface area contributed by atoms with Gasteiger partial charge in [0.15, 0.2) is 0 Å². The van der Waals surface area contributed by atoms with E-state index in [1.807, 2.05) is 0 Å². The van der Waals surface area contributed by atoms with Gasteiger partial charge in [0.25, 0.3) is 0 Å². The Morgan fingerprint density at radius 1 is 1.32 bits per heavy atom. The second-order valence-corrected chi connectivity index (χ2v) is 5.23. The Bertz CT molecular complexity index is 425. The van der Waals surface area contributed by atoms with E-state index in [1.165, 1.54) is 4.90 Å². The molecule has 0 spiro atoms. The highest BCUT2D eigenvalue weighted by atomic mass is 16.6. The van der Waals surface area contributed by atoms with Crippen LogP contribution in [0.2, 0.25) is 0 Å². The summed E-state index contributed by atoms with van der Waals surface area (Å²) in [6.45, 7) is 1.38. The first-order valence-electron chi connectivity index (χ1n) is 6.64. The van der Waals surface area contributed by atoms with Crippen molar-refractivity contribution >= 4 is 17.9 Å². The van der Waals surface area contributed by atoms with E-state index in [0.29, 0.717) is 26.1 Å². The largest absolute Gasteiger partial charge is 0.448 e. The fourth-order valence-corrected chi connectivity index (χ4v) is 3.10. The van der Waals surface area contributed by atoms with Gasteiger partial charge >= 0.3 is 6.09 Å². The topological polar surface area (TPSA) is 79.0 Å². The van der Waals surface area contributed by atoms with E-state index in [0.717, 1.165) is 12.8 Å². The first-order valence-corrected chi connectivity index (χ1v) is 6.64. The molecule has 3 aliphatic rings. The number of ether oxygens (including phenoxy) is 1. The van der Waals surface area contributed by atoms with E-state index in [4.69, 9.17) is 4.74 Å². The van der Waals surface area contributed by atoms with Gasteiger partial charge in [-0.05, 0) is 12.8 Å². The van der Waals surface area contributed by atoms with E-state index >= 15 is 0 Å². The SMILES string of the molecule is O=C1C[C@H]2CC[C@@H](CN1)N2C(=O)CN1CCOC1=O. The van der Waals surface area contributed by atoms with Crippen LogP contribution in [0.15, 0.2) is 0 Å². The number of rotatable bonds is 2. The molecule has 0 aromatic carbocycles. The number of fused-ring (bicyclic) bond motifs is 2. The van der Waals surface area contributed by atoms with Crippen LogP contribution in [0, 0.1) is 0 Å². The van der Waals surface area contributed by atoms with E-state index < -0.39 is 6.09 Å². The number of carbonyl (C=O) groups excluding carboxylic acids is 3. The summed E-state index contributed by atoms with van der Waals surface area (Å²) in [6.07, 6.45) is 1.73. The van der Waals surface area contributed by atoms with Crippen molar-refractivity contribution in [2.75, 3.05) is 26.2 Å². The molecule has 2 bridgehead atoms. The third-order valence-corrected chi connectivity index (χ3v) is 4.03. The minimum Gasteiger partial charge on any atom is -0.448 e. The van der Waals surface area contributed by atoms with Crippen LogP contribution in [-0.4, -0.2) is 66.0 Å². The van der Waals surface area contributed by atoms with Gasteiger partial charge in [0.1, 0.15) is 13.2 Å². The zero-order valence-electron chi connectivity index (χ0n) is 10.6. The van der Waals surface area contributed by atoms with Crippen LogP contribution in [0.4, 0.5) is 4.79 Å². The molecule has 3 aliphatic heterocycles. The lowest BCUT2D eigenvalue weighted by atomic mass is 10.1. The summed E-state index contributed by atoms with van der Waals surface area (Å²) >= 11 is 0. The molecule has 0 aliphatic carbocycles. The summed E-state index contributed by atoms with van der Waals surface area (Å²) < 4.78 is 4.81. The fourth-order valence-electron chi connectivity index (χ4n) is 3.10. The van der Waals surface area contributed by atoms with Crippen molar-refractivity contribution in [3.63, 3.8) is 0 Å². The van der Waals surface area contributed by atoms with Crippen LogP contribution in [0.3, 0.4) is 0 Å². The molecular weight excluding hydrogens is 250 g/mol. The lowest BCUT2D eigenvalue weighted by Crippen LogP contribution is -2.47. The molecule has 1 N–H and O–H groups in total. The Labute approximate surface area is 110 Å². The van der Waals surface area contributed by atoms with Gasteiger partial charge in [0, 0.05) is 25.0 Å². The highest BCUT2D eigenvalue weighted by Gasteiger charge is 2.41. The minimum absolute atomic E-state index is 0.00517. The fraction of sp³-hybridized carbons (Fsp3) is 0.750. The van der Waals surface area contributed by atoms with Gasteiger partial charge in [-0.25, -0.2) is 4.79 Å². The summed E-state index contributed by atoms with van der Waals surface area (Å²) in [5.74, 6) is -0.0755. The second kappa shape index (κ2) is 4.71. The van der Waals surface area contributed by atoms with Gasteiger partial charge in [-0.15, -0.1) is 0 Å². The van der Waals surface area contributed by atoms with Gasteiger partial charge in [0.2, 0.25) is 11.8 Å². The van der Waals surface area contributed by atoms with Gasteiger partial charge in [-0.3, -0.25) is 14.5 Å². The lowest BCUT2D eigenvalue weighted by Gasteiger charge is -2.28. The Balaban J connectivity index is 1.68. The summed E-state index contributed by atoms with van der Waals surface area (Å²) in [6, 6.07) is 0.0567. The third kappa shape index (κ3) is 2.24. The molecule has 0 radical (unpaired) electrons. The Kier molecular flexibility index (Phi) is 3.04. The minimum atomic E-state index is -0.426. The average molecular weight is 267 g/mol. The molecule has 104 valence electrons. The molecule has 19 heavy (non-hydrogen) atoms. The van der Waals surface area contributed by atoms with Crippen LogP contribution in [0.5, 0.6) is 0 Å². The summed E-state index contributed by atoms with van der Waals surface area (Å²) in [4.78, 5) is 38.4. The molecular formula is C12H17N3O4. The molecule has 3 saturated heterocycles. The highest BCUT2D eigenvalue weighted by molar-refractivity contribution is 5.85. The smallest absolute Gasteiger partial charge is 0.410 e. The maximum absolute atomic E-state index is 12.4. The van der Waals surface area contributed by atoms with Crippen molar-refractivity contribution in [1.29, 1.82) is 0 Å². The molecule has 3 rings (SSSR count). The number of nitrogens with zero attached hydrogens (tertiary/aromatic N) is 2. The van der Waals surface area contributed by atoms with Gasteiger partial charge in [0.05, 0.1) is 6.54 Å². The van der Waals surface area contributed by atoms with Crippen molar-refractivity contribution < 1.29 is 19.1 Å². The highest BCUT2D eigenvalue weighted by Crippen LogP contribution is 2.28. The summed E-state index contributed by atoms with van der Waals surface area (Å²) in [5, 5.41) is 2.83. The Morgan fingerprint density at radius 2 is 2.11 bits per heavy atom. The number of hydrogen-bond donors (Lipinski definition) is 1. The molecule has 3 heterocycles. The molecule has 2 atom stereocenters. The molecule has 3 amide bonds. The van der Waals surface area contributed by atoms with E-state index in [-0.39, 0.29) is 30.4 Å². The van der Waals surface area contributed by atoms with Crippen LogP contribution < -0.4 is 5.32 Å². The van der Waals surface area contributed by atoms with Crippen LogP contribution in [0.25, 0.3) is 0 Å². The monoisotopic (exact) mass is 267 g/mol. The molecule has 3 fully saturated rings. The van der Waals surface area contributed by atoms with Gasteiger partial charge < -0.3 is 15.0 Å². The van der Waals surface area contributed by atoms with E-state index in [1.54, 1.807) is 4.90 Å². The standard InChI is InChI=1S/C12H17N3O4/c16-10-5-8-1-2-9(6-13-10)15(8)11(17)7-14-3-4-19-12(14)18/h8-9H,1-7H2,(H,13,16)/t8-,9+/m1/s1. The molecule has 0 aromatic rings. The van der Waals surface area contributed by atoms with Crippen LogP contribution in [-0.2, 0) is 14.3 Å².